The summed E-state index contributed by atoms with van der Waals surface area (Å²) >= 11 is 0. The molecule has 20 heavy (non-hydrogen) atoms. The molecule has 1 aromatic rings. The minimum Gasteiger partial charge on any atom is -0.339 e. The largest absolute Gasteiger partial charge is 0.339 e. The average Bonchev–Trinajstić information content (AvgIpc) is 3.10. The molecule has 0 bridgehead atoms. The van der Waals surface area contributed by atoms with Crippen molar-refractivity contribution in [2.45, 2.75) is 51.9 Å². The normalized spacial score (nSPS) is 22.8. The van der Waals surface area contributed by atoms with Gasteiger partial charge in [0.2, 0.25) is 5.89 Å². The third-order valence-corrected chi connectivity index (χ3v) is 4.44. The van der Waals surface area contributed by atoms with Gasteiger partial charge in [-0.25, -0.2) is 0 Å². The highest BCUT2D eigenvalue weighted by Gasteiger charge is 2.39. The van der Waals surface area contributed by atoms with Crippen molar-refractivity contribution >= 4 is 0 Å². The minimum absolute atomic E-state index is 0.0786. The van der Waals surface area contributed by atoms with Gasteiger partial charge in [0, 0.05) is 19.5 Å². The Labute approximate surface area is 122 Å². The number of nitrogens with one attached hydrogen (secondary N) is 1. The van der Waals surface area contributed by atoms with Gasteiger partial charge in [0.15, 0.2) is 5.82 Å². The lowest BCUT2D eigenvalue weighted by molar-refractivity contribution is 0.274. The topological polar surface area (TPSA) is 54.2 Å². The predicted molar refractivity (Wildman–Crippen MR) is 79.9 cm³/mol. The Morgan fingerprint density at radius 1 is 1.30 bits per heavy atom. The molecule has 2 rings (SSSR count). The molecule has 1 aromatic heterocycles. The van der Waals surface area contributed by atoms with Crippen LogP contribution in [0.5, 0.6) is 0 Å². The van der Waals surface area contributed by atoms with E-state index in [1.807, 2.05) is 0 Å². The fraction of sp³-hybridized carbons (Fsp3) is 0.867. The number of aromatic nitrogens is 2. The van der Waals surface area contributed by atoms with Gasteiger partial charge in [0.05, 0.1) is 5.41 Å². The van der Waals surface area contributed by atoms with Crippen LogP contribution in [0.2, 0.25) is 0 Å². The smallest absolute Gasteiger partial charge is 0.234 e. The maximum atomic E-state index is 5.58. The molecule has 1 N–H and O–H groups in total. The highest BCUT2D eigenvalue weighted by atomic mass is 16.5. The summed E-state index contributed by atoms with van der Waals surface area (Å²) in [7, 11) is 0. The van der Waals surface area contributed by atoms with Crippen LogP contribution in [0, 0.1) is 0 Å². The van der Waals surface area contributed by atoms with E-state index in [1.165, 1.54) is 0 Å². The van der Waals surface area contributed by atoms with Gasteiger partial charge in [-0.2, -0.15) is 4.98 Å². The van der Waals surface area contributed by atoms with E-state index in [0.717, 1.165) is 70.1 Å². The van der Waals surface area contributed by atoms with E-state index in [0.29, 0.717) is 0 Å². The van der Waals surface area contributed by atoms with E-state index in [9.17, 15) is 0 Å². The second-order valence-corrected chi connectivity index (χ2v) is 5.75. The molecular weight excluding hydrogens is 252 g/mol. The third-order valence-electron chi connectivity index (χ3n) is 4.44. The highest BCUT2D eigenvalue weighted by molar-refractivity contribution is 5.10. The van der Waals surface area contributed by atoms with Crippen LogP contribution in [-0.2, 0) is 11.8 Å². The summed E-state index contributed by atoms with van der Waals surface area (Å²) in [6.45, 7) is 11.8. The van der Waals surface area contributed by atoms with Crippen LogP contribution < -0.4 is 5.32 Å². The first-order chi connectivity index (χ1) is 9.74. The molecule has 0 radical (unpaired) electrons. The monoisotopic (exact) mass is 280 g/mol. The first-order valence-electron chi connectivity index (χ1n) is 8.00. The fourth-order valence-electron chi connectivity index (χ4n) is 3.09. The van der Waals surface area contributed by atoms with E-state index in [4.69, 9.17) is 4.52 Å². The summed E-state index contributed by atoms with van der Waals surface area (Å²) in [5, 5.41) is 7.63. The van der Waals surface area contributed by atoms with Gasteiger partial charge >= 0.3 is 0 Å². The molecule has 1 atom stereocenters. The zero-order valence-electron chi connectivity index (χ0n) is 13.1. The molecule has 0 amide bonds. The minimum atomic E-state index is 0.0786. The van der Waals surface area contributed by atoms with Gasteiger partial charge in [-0.15, -0.1) is 0 Å². The Morgan fingerprint density at radius 3 is 2.70 bits per heavy atom. The number of rotatable bonds is 8. The number of likely N-dealkylation sites (N-methyl/N-ethyl adjacent to an activating group) is 1. The van der Waals surface area contributed by atoms with E-state index in [1.54, 1.807) is 0 Å². The molecule has 1 fully saturated rings. The van der Waals surface area contributed by atoms with Crippen molar-refractivity contribution < 1.29 is 4.52 Å². The van der Waals surface area contributed by atoms with Gasteiger partial charge < -0.3 is 14.7 Å². The van der Waals surface area contributed by atoms with E-state index < -0.39 is 0 Å². The molecule has 5 nitrogen and oxygen atoms in total. The van der Waals surface area contributed by atoms with Crippen LogP contribution in [0.25, 0.3) is 0 Å². The van der Waals surface area contributed by atoms with Crippen LogP contribution in [0.3, 0.4) is 0 Å². The lowest BCUT2D eigenvalue weighted by atomic mass is 9.82. The Morgan fingerprint density at radius 2 is 2.10 bits per heavy atom. The predicted octanol–water partition coefficient (Wildman–Crippen LogP) is 1.99. The molecule has 0 spiro atoms. The zero-order valence-corrected chi connectivity index (χ0v) is 13.1. The van der Waals surface area contributed by atoms with E-state index in [2.05, 4.69) is 41.1 Å². The second-order valence-electron chi connectivity index (χ2n) is 5.75. The SMILES string of the molecule is CCCC1(c2nc(CCN(CC)CC)no2)CCNC1. The van der Waals surface area contributed by atoms with Crippen LogP contribution in [-0.4, -0.2) is 47.8 Å². The molecule has 0 aliphatic carbocycles. The van der Waals surface area contributed by atoms with Crippen LogP contribution in [0.1, 0.15) is 51.7 Å². The standard InChI is InChI=1S/C15H28N4O/c1-4-8-15(9-10-16-12-15)14-17-13(18-20-14)7-11-19(5-2)6-3/h16H,4-12H2,1-3H3. The van der Waals surface area contributed by atoms with Crippen LogP contribution in [0.15, 0.2) is 4.52 Å². The molecular formula is C15H28N4O. The Balaban J connectivity index is 2.00. The maximum Gasteiger partial charge on any atom is 0.234 e. The van der Waals surface area contributed by atoms with Crippen molar-refractivity contribution in [3.8, 4) is 0 Å². The van der Waals surface area contributed by atoms with Crippen molar-refractivity contribution in [2.24, 2.45) is 0 Å². The Kier molecular flexibility index (Phi) is 5.54. The van der Waals surface area contributed by atoms with Gasteiger partial charge in [-0.1, -0.05) is 32.3 Å². The van der Waals surface area contributed by atoms with Gasteiger partial charge in [-0.3, -0.25) is 0 Å². The Hall–Kier alpha value is -0.940. The molecule has 0 saturated carbocycles. The average molecular weight is 280 g/mol. The summed E-state index contributed by atoms with van der Waals surface area (Å²) in [6, 6.07) is 0. The van der Waals surface area contributed by atoms with Crippen LogP contribution >= 0.6 is 0 Å². The lowest BCUT2D eigenvalue weighted by Gasteiger charge is -2.22. The number of hydrogen-bond acceptors (Lipinski definition) is 5. The maximum absolute atomic E-state index is 5.58. The van der Waals surface area contributed by atoms with Crippen molar-refractivity contribution in [3.63, 3.8) is 0 Å². The molecule has 2 heterocycles. The molecule has 1 aliphatic rings. The Bertz CT molecular complexity index is 394. The van der Waals surface area contributed by atoms with Crippen molar-refractivity contribution in [3.05, 3.63) is 11.7 Å². The summed E-state index contributed by atoms with van der Waals surface area (Å²) in [6.07, 6.45) is 4.26. The van der Waals surface area contributed by atoms with Crippen molar-refractivity contribution in [1.29, 1.82) is 0 Å². The molecule has 1 saturated heterocycles. The molecule has 1 unspecified atom stereocenters. The summed E-state index contributed by atoms with van der Waals surface area (Å²) in [5.74, 6) is 1.70. The van der Waals surface area contributed by atoms with Gasteiger partial charge in [0.1, 0.15) is 0 Å². The summed E-state index contributed by atoms with van der Waals surface area (Å²) in [5.41, 5.74) is 0.0786. The lowest BCUT2D eigenvalue weighted by Crippen LogP contribution is -2.29. The first kappa shape index (κ1) is 15.4. The third kappa shape index (κ3) is 3.38. The quantitative estimate of drug-likeness (QED) is 0.789. The molecule has 0 aromatic carbocycles. The fourth-order valence-corrected chi connectivity index (χ4v) is 3.09. The highest BCUT2D eigenvalue weighted by Crippen LogP contribution is 2.34. The zero-order chi connectivity index (χ0) is 14.4. The second kappa shape index (κ2) is 7.18. The molecule has 5 heteroatoms. The number of nitrogens with zero attached hydrogens (tertiary/aromatic N) is 3. The molecule has 1 aliphatic heterocycles. The summed E-state index contributed by atoms with van der Waals surface area (Å²) < 4.78 is 5.58. The van der Waals surface area contributed by atoms with E-state index in [-0.39, 0.29) is 5.41 Å². The summed E-state index contributed by atoms with van der Waals surface area (Å²) in [4.78, 5) is 7.06. The van der Waals surface area contributed by atoms with Gasteiger partial charge in [0.25, 0.3) is 0 Å². The van der Waals surface area contributed by atoms with Gasteiger partial charge in [-0.05, 0) is 32.5 Å². The first-order valence-corrected chi connectivity index (χ1v) is 8.00. The van der Waals surface area contributed by atoms with E-state index >= 15 is 0 Å². The van der Waals surface area contributed by atoms with Crippen molar-refractivity contribution in [1.82, 2.24) is 20.4 Å². The van der Waals surface area contributed by atoms with Crippen molar-refractivity contribution in [2.75, 3.05) is 32.7 Å². The van der Waals surface area contributed by atoms with Crippen LogP contribution in [0.4, 0.5) is 0 Å². The molecule has 114 valence electrons. The number of hydrogen-bond donors (Lipinski definition) is 1.